The van der Waals surface area contributed by atoms with Crippen LogP contribution in [0.25, 0.3) is 11.1 Å². The van der Waals surface area contributed by atoms with Crippen molar-refractivity contribution >= 4 is 23.9 Å². The molecule has 2 saturated heterocycles. The van der Waals surface area contributed by atoms with Crippen LogP contribution >= 0.6 is 0 Å². The van der Waals surface area contributed by atoms with Gasteiger partial charge in [-0.05, 0) is 88.1 Å². The van der Waals surface area contributed by atoms with E-state index in [4.69, 9.17) is 14.2 Å². The summed E-state index contributed by atoms with van der Waals surface area (Å²) >= 11 is 0. The van der Waals surface area contributed by atoms with Crippen LogP contribution < -0.4 is 10.1 Å². The summed E-state index contributed by atoms with van der Waals surface area (Å²) in [4.78, 5) is 59.4. The highest BCUT2D eigenvalue weighted by molar-refractivity contribution is 5.82. The number of aromatic nitrogens is 1. The molecule has 0 unspecified atom stereocenters. The van der Waals surface area contributed by atoms with Gasteiger partial charge in [-0.1, -0.05) is 12.1 Å². The smallest absolute Gasteiger partial charge is 0.410 e. The Morgan fingerprint density at radius 1 is 1.00 bits per heavy atom. The maximum absolute atomic E-state index is 13.6. The first kappa shape index (κ1) is 36.6. The minimum Gasteiger partial charge on any atom is -0.491 e. The topological polar surface area (TPSA) is 127 Å². The molecule has 0 bridgehead atoms. The van der Waals surface area contributed by atoms with E-state index in [1.54, 1.807) is 34.3 Å². The number of hydrogen-bond acceptors (Lipinski definition) is 8. The van der Waals surface area contributed by atoms with Gasteiger partial charge < -0.3 is 29.3 Å². The molecule has 1 N–H and O–H groups in total. The number of likely N-dealkylation sites (tertiary alicyclic amines) is 2. The zero-order chi connectivity index (χ0) is 34.7. The van der Waals surface area contributed by atoms with Crippen LogP contribution in [0.1, 0.15) is 77.3 Å². The summed E-state index contributed by atoms with van der Waals surface area (Å²) in [6.45, 7) is 7.14. The van der Waals surface area contributed by atoms with Gasteiger partial charge in [-0.2, -0.15) is 0 Å². The molecule has 12 heteroatoms. The predicted molar refractivity (Wildman–Crippen MR) is 178 cm³/mol. The van der Waals surface area contributed by atoms with Gasteiger partial charge in [-0.15, -0.1) is 0 Å². The average Bonchev–Trinajstić information content (AvgIpc) is 3.09. The van der Waals surface area contributed by atoms with Crippen molar-refractivity contribution in [2.24, 2.45) is 11.8 Å². The van der Waals surface area contributed by atoms with Gasteiger partial charge in [-0.25, -0.2) is 9.18 Å². The van der Waals surface area contributed by atoms with Crippen LogP contribution in [0.5, 0.6) is 5.75 Å². The second-order valence-corrected chi connectivity index (χ2v) is 13.5. The fraction of sp³-hybridized carbons (Fsp3) is 0.583. The Bertz CT molecular complexity index is 1390. The zero-order valence-electron chi connectivity index (χ0n) is 28.5. The highest BCUT2D eigenvalue weighted by Crippen LogP contribution is 2.28. The van der Waals surface area contributed by atoms with Crippen LogP contribution in [0.15, 0.2) is 42.7 Å². The van der Waals surface area contributed by atoms with Crippen molar-refractivity contribution in [3.05, 3.63) is 48.3 Å². The number of nitrogens with zero attached hydrogens (tertiary/aromatic N) is 3. The Labute approximate surface area is 282 Å². The molecule has 0 saturated carbocycles. The molecule has 2 atom stereocenters. The minimum absolute atomic E-state index is 0.0175. The first-order chi connectivity index (χ1) is 23.0. The maximum Gasteiger partial charge on any atom is 0.410 e. The highest BCUT2D eigenvalue weighted by Gasteiger charge is 2.32. The second kappa shape index (κ2) is 17.3. The van der Waals surface area contributed by atoms with Gasteiger partial charge >= 0.3 is 12.1 Å². The number of nitrogens with one attached hydrogen (secondary N) is 1. The van der Waals surface area contributed by atoms with E-state index < -0.39 is 30.2 Å². The van der Waals surface area contributed by atoms with Crippen LogP contribution in [0.3, 0.4) is 0 Å². The molecule has 3 heterocycles. The Kier molecular flexibility index (Phi) is 13.2. The molecule has 1 aromatic carbocycles. The van der Waals surface area contributed by atoms with Crippen molar-refractivity contribution in [2.75, 3.05) is 46.6 Å². The van der Waals surface area contributed by atoms with Gasteiger partial charge in [0.1, 0.15) is 24.6 Å². The van der Waals surface area contributed by atoms with Crippen LogP contribution in [0.4, 0.5) is 9.18 Å². The fourth-order valence-corrected chi connectivity index (χ4v) is 6.13. The molecular weight excluding hydrogens is 618 g/mol. The molecule has 2 aliphatic heterocycles. The number of ether oxygens (including phenoxy) is 3. The lowest BCUT2D eigenvalue weighted by Gasteiger charge is -2.35. The zero-order valence-corrected chi connectivity index (χ0v) is 28.5. The maximum atomic E-state index is 13.6. The third-order valence-electron chi connectivity index (χ3n) is 8.79. The van der Waals surface area contributed by atoms with Crippen LogP contribution in [-0.2, 0) is 23.9 Å². The van der Waals surface area contributed by atoms with Crippen LogP contribution in [0, 0.1) is 11.8 Å². The van der Waals surface area contributed by atoms with Crippen molar-refractivity contribution in [3.63, 3.8) is 0 Å². The first-order valence-electron chi connectivity index (χ1n) is 16.8. The lowest BCUT2D eigenvalue weighted by Crippen LogP contribution is -2.46. The standard InChI is InChI=1S/C36H49FN4O7/c1-36(2,3)48-35(45)40-17-13-25(14-18-40)7-12-32(42)41-16-5-6-27(24-41)34(44)39-31(21-33(43)46-4)29-20-28(22-38-23-29)26-8-10-30(11-9-26)47-19-15-37/h8-11,20,22-23,25,27,31H,5-7,12-19,21,24H2,1-4H3,(H,39,44)/t27-,31+/m1/s1/i37-1. The number of alkyl halides is 1. The van der Waals surface area contributed by atoms with Gasteiger partial charge in [0, 0.05) is 50.6 Å². The normalized spacial score (nSPS) is 17.7. The molecule has 48 heavy (non-hydrogen) atoms. The molecule has 11 nitrogen and oxygen atoms in total. The number of pyridine rings is 1. The Morgan fingerprint density at radius 3 is 2.40 bits per heavy atom. The summed E-state index contributed by atoms with van der Waals surface area (Å²) in [5.74, 6) is -0.170. The minimum atomic E-state index is -0.679. The molecular formula is C36H49FN4O7. The van der Waals surface area contributed by atoms with Gasteiger partial charge in [0.05, 0.1) is 25.5 Å². The number of benzene rings is 1. The average molecular weight is 668 g/mol. The Hall–Kier alpha value is -4.22. The van der Waals surface area contributed by atoms with Crippen LogP contribution in [0.2, 0.25) is 0 Å². The number of rotatable bonds is 12. The largest absolute Gasteiger partial charge is 0.491 e. The number of carbonyl (C=O) groups excluding carboxylic acids is 4. The molecule has 1 aromatic heterocycles. The first-order valence-corrected chi connectivity index (χ1v) is 16.8. The summed E-state index contributed by atoms with van der Waals surface area (Å²) in [6, 6.07) is 8.36. The fourth-order valence-electron chi connectivity index (χ4n) is 6.13. The Morgan fingerprint density at radius 2 is 1.73 bits per heavy atom. The molecule has 0 spiro atoms. The van der Waals surface area contributed by atoms with Crippen molar-refractivity contribution in [1.82, 2.24) is 20.1 Å². The summed E-state index contributed by atoms with van der Waals surface area (Å²) in [7, 11) is 1.30. The van der Waals surface area contributed by atoms with Gasteiger partial charge in [0.25, 0.3) is 0 Å². The van der Waals surface area contributed by atoms with E-state index in [9.17, 15) is 23.6 Å². The highest BCUT2D eigenvalue weighted by atomic mass is 18.2. The van der Waals surface area contributed by atoms with Crippen molar-refractivity contribution < 1.29 is 37.8 Å². The number of esters is 1. The van der Waals surface area contributed by atoms with Gasteiger partial charge in [0.2, 0.25) is 11.8 Å². The SMILES string of the molecule is COC(=O)C[C@H](NC(=O)[C@@H]1CCCN(C(=O)CCC2CCN(C(=O)OC(C)(C)C)CC2)C1)c1cncc(-c2ccc(OCC[18F])cc2)c1. The van der Waals surface area contributed by atoms with Gasteiger partial charge in [-0.3, -0.25) is 19.4 Å². The summed E-state index contributed by atoms with van der Waals surface area (Å²) < 4.78 is 28.2. The molecule has 2 fully saturated rings. The third-order valence-corrected chi connectivity index (χ3v) is 8.79. The van der Waals surface area contributed by atoms with E-state index in [2.05, 4.69) is 10.3 Å². The predicted octanol–water partition coefficient (Wildman–Crippen LogP) is 5.48. The van der Waals surface area contributed by atoms with E-state index in [1.165, 1.54) is 7.11 Å². The summed E-state index contributed by atoms with van der Waals surface area (Å²) in [5, 5.41) is 3.03. The number of carbonyl (C=O) groups is 4. The molecule has 4 rings (SSSR count). The van der Waals surface area contributed by atoms with E-state index in [0.29, 0.717) is 62.7 Å². The quantitative estimate of drug-likeness (QED) is 0.295. The lowest BCUT2D eigenvalue weighted by atomic mass is 9.91. The number of halogens is 1. The Balaban J connectivity index is 1.32. The van der Waals surface area contributed by atoms with Crippen molar-refractivity contribution in [1.29, 1.82) is 0 Å². The molecule has 262 valence electrons. The van der Waals surface area contributed by atoms with Crippen LogP contribution in [-0.4, -0.2) is 90.8 Å². The monoisotopic (exact) mass is 667 g/mol. The molecule has 3 amide bonds. The van der Waals surface area contributed by atoms with E-state index >= 15 is 0 Å². The van der Waals surface area contributed by atoms with E-state index in [0.717, 1.165) is 30.4 Å². The molecule has 2 aliphatic rings. The lowest BCUT2D eigenvalue weighted by molar-refractivity contribution is -0.141. The summed E-state index contributed by atoms with van der Waals surface area (Å²) in [6.07, 6.45) is 7.08. The summed E-state index contributed by atoms with van der Waals surface area (Å²) in [5.41, 5.74) is 1.73. The van der Waals surface area contributed by atoms with Crippen molar-refractivity contribution in [2.45, 2.75) is 77.4 Å². The number of amides is 3. The molecule has 0 radical (unpaired) electrons. The number of methoxy groups -OCH3 is 1. The second-order valence-electron chi connectivity index (χ2n) is 13.5. The molecule has 0 aliphatic carbocycles. The van der Waals surface area contributed by atoms with E-state index in [1.807, 2.05) is 39.0 Å². The third kappa shape index (κ3) is 10.9. The molecule has 2 aromatic rings. The van der Waals surface area contributed by atoms with E-state index in [-0.39, 0.29) is 30.9 Å². The number of piperidine rings is 2. The van der Waals surface area contributed by atoms with Gasteiger partial charge in [0.15, 0.2) is 0 Å². The number of hydrogen-bond donors (Lipinski definition) is 1. The van der Waals surface area contributed by atoms with Crippen molar-refractivity contribution in [3.8, 4) is 16.9 Å².